The Hall–Kier alpha value is -1.67. The number of rotatable bonds is 8. The molecule has 4 heteroatoms. The van der Waals surface area contributed by atoms with E-state index < -0.39 is 16.8 Å². The Balaban J connectivity index is 0.000000604. The van der Waals surface area contributed by atoms with Gasteiger partial charge >= 0.3 is 0 Å². The summed E-state index contributed by atoms with van der Waals surface area (Å²) in [5, 5.41) is 29.6. The molecule has 0 amide bonds. The third kappa shape index (κ3) is 13.5. The van der Waals surface area contributed by atoms with E-state index in [0.717, 1.165) is 12.8 Å². The molecule has 0 aliphatic rings. The molecule has 2 unspecified atom stereocenters. The van der Waals surface area contributed by atoms with E-state index in [9.17, 15) is 20.1 Å². The Morgan fingerprint density at radius 3 is 1.47 bits per heavy atom. The first-order valence-corrected chi connectivity index (χ1v) is 10.9. The largest absolute Gasteiger partial charge is 0.382 e. The molecule has 4 nitrogen and oxygen atoms in total. The number of benzene rings is 1. The molecule has 1 aromatic rings. The highest BCUT2D eigenvalue weighted by Crippen LogP contribution is 2.19. The van der Waals surface area contributed by atoms with Gasteiger partial charge in [0.05, 0.1) is 0 Å². The number of carbonyl (C=O) groups is 1. The maximum absolute atomic E-state index is 11.4. The van der Waals surface area contributed by atoms with Crippen LogP contribution in [0, 0.1) is 23.7 Å². The minimum atomic E-state index is -1.28. The van der Waals surface area contributed by atoms with Crippen LogP contribution < -0.4 is 0 Å². The number of carbonyl (C=O) groups excluding carboxylic acids is 1. The molecule has 30 heavy (non-hydrogen) atoms. The van der Waals surface area contributed by atoms with Gasteiger partial charge in [-0.05, 0) is 65.2 Å². The summed E-state index contributed by atoms with van der Waals surface area (Å²) in [6.07, 6.45) is 3.18. The fraction of sp³-hybridized carbons (Fsp3) is 0.654. The van der Waals surface area contributed by atoms with Crippen molar-refractivity contribution in [2.24, 2.45) is 11.8 Å². The first-order chi connectivity index (χ1) is 13.6. The van der Waals surface area contributed by atoms with Crippen LogP contribution in [0.4, 0.5) is 0 Å². The van der Waals surface area contributed by atoms with Crippen molar-refractivity contribution in [3.8, 4) is 11.8 Å². The van der Waals surface area contributed by atoms with Gasteiger partial charge in [-0.3, -0.25) is 4.79 Å². The van der Waals surface area contributed by atoms with Crippen LogP contribution in [-0.4, -0.2) is 37.9 Å². The fourth-order valence-corrected chi connectivity index (χ4v) is 2.48. The van der Waals surface area contributed by atoms with Crippen molar-refractivity contribution >= 4 is 5.78 Å². The van der Waals surface area contributed by atoms with Crippen LogP contribution in [0.1, 0.15) is 91.4 Å². The molecule has 0 radical (unpaired) electrons. The Kier molecular flexibility index (Phi) is 11.6. The van der Waals surface area contributed by atoms with E-state index in [1.807, 2.05) is 6.07 Å². The number of hydrogen-bond acceptors (Lipinski definition) is 4. The van der Waals surface area contributed by atoms with Crippen molar-refractivity contribution in [3.05, 3.63) is 35.9 Å². The lowest BCUT2D eigenvalue weighted by molar-refractivity contribution is 0.0488. The monoisotopic (exact) mass is 418 g/mol. The third-order valence-electron chi connectivity index (χ3n) is 4.61. The van der Waals surface area contributed by atoms with Crippen LogP contribution in [-0.2, 0) is 0 Å². The van der Waals surface area contributed by atoms with Crippen LogP contribution in [0.25, 0.3) is 0 Å². The molecule has 0 aromatic heterocycles. The van der Waals surface area contributed by atoms with E-state index in [0.29, 0.717) is 30.2 Å². The number of hydrogen-bond donors (Lipinski definition) is 3. The molecule has 2 atom stereocenters. The second-order valence-corrected chi connectivity index (χ2v) is 9.92. The van der Waals surface area contributed by atoms with Gasteiger partial charge in [0, 0.05) is 5.56 Å². The number of aliphatic hydroxyl groups is 3. The van der Waals surface area contributed by atoms with Crippen LogP contribution >= 0.6 is 0 Å². The van der Waals surface area contributed by atoms with Crippen molar-refractivity contribution in [1.82, 2.24) is 0 Å². The van der Waals surface area contributed by atoms with Gasteiger partial charge in [0.15, 0.2) is 5.78 Å². The van der Waals surface area contributed by atoms with Crippen molar-refractivity contribution in [2.45, 2.75) is 97.9 Å². The average molecular weight is 419 g/mol. The van der Waals surface area contributed by atoms with Gasteiger partial charge in [0.25, 0.3) is 0 Å². The molecule has 0 heterocycles. The summed E-state index contributed by atoms with van der Waals surface area (Å²) < 4.78 is 0. The lowest BCUT2D eigenvalue weighted by Gasteiger charge is -2.21. The first kappa shape index (κ1) is 28.3. The molecule has 0 fully saturated rings. The Bertz CT molecular complexity index is 655. The predicted octanol–water partition coefficient (Wildman–Crippen LogP) is 5.00. The fourth-order valence-electron chi connectivity index (χ4n) is 2.48. The van der Waals surface area contributed by atoms with Gasteiger partial charge < -0.3 is 15.3 Å². The summed E-state index contributed by atoms with van der Waals surface area (Å²) in [5.41, 5.74) is -2.72. The highest BCUT2D eigenvalue weighted by molar-refractivity contribution is 6.01. The molecule has 0 bridgehead atoms. The smallest absolute Gasteiger partial charge is 0.193 e. The van der Waals surface area contributed by atoms with E-state index in [-0.39, 0.29) is 5.78 Å². The second-order valence-electron chi connectivity index (χ2n) is 9.92. The Morgan fingerprint density at radius 1 is 0.800 bits per heavy atom. The zero-order valence-corrected chi connectivity index (χ0v) is 20.1. The standard InChI is InChI=1S/C16H30O2.C10H12O2/c1-13(2)7-9-15(5,17)11-12-16(6,18)10-8-14(3)4;1-10(2,12)9(11)8-6-4-3-5-7-8/h13-14,17-18H,7-10H2,1-6H3;3-7,12H,1-2H3. The lowest BCUT2D eigenvalue weighted by atomic mass is 9.92. The van der Waals surface area contributed by atoms with E-state index in [1.54, 1.807) is 38.1 Å². The molecule has 0 saturated heterocycles. The van der Waals surface area contributed by atoms with Crippen molar-refractivity contribution in [3.63, 3.8) is 0 Å². The van der Waals surface area contributed by atoms with Crippen LogP contribution in [0.5, 0.6) is 0 Å². The topological polar surface area (TPSA) is 77.8 Å². The summed E-state index contributed by atoms with van der Waals surface area (Å²) in [6, 6.07) is 8.78. The van der Waals surface area contributed by atoms with E-state index in [2.05, 4.69) is 39.5 Å². The molecule has 170 valence electrons. The molecule has 0 aliphatic carbocycles. The summed E-state index contributed by atoms with van der Waals surface area (Å²) in [5.74, 6) is 6.53. The Labute approximate surface area is 183 Å². The lowest BCUT2D eigenvalue weighted by Crippen LogP contribution is -2.30. The summed E-state index contributed by atoms with van der Waals surface area (Å²) >= 11 is 0. The van der Waals surface area contributed by atoms with Gasteiger partial charge in [-0.25, -0.2) is 0 Å². The molecular weight excluding hydrogens is 376 g/mol. The van der Waals surface area contributed by atoms with Crippen molar-refractivity contribution < 1.29 is 20.1 Å². The maximum Gasteiger partial charge on any atom is 0.193 e. The van der Waals surface area contributed by atoms with Crippen molar-refractivity contribution in [2.75, 3.05) is 0 Å². The highest BCUT2D eigenvalue weighted by atomic mass is 16.3. The molecule has 1 aromatic carbocycles. The highest BCUT2D eigenvalue weighted by Gasteiger charge is 2.24. The van der Waals surface area contributed by atoms with Crippen LogP contribution in [0.15, 0.2) is 30.3 Å². The quantitative estimate of drug-likeness (QED) is 0.410. The van der Waals surface area contributed by atoms with E-state index in [1.165, 1.54) is 13.8 Å². The Morgan fingerprint density at radius 2 is 1.17 bits per heavy atom. The predicted molar refractivity (Wildman–Crippen MR) is 124 cm³/mol. The number of ketones is 1. The van der Waals surface area contributed by atoms with Gasteiger partial charge in [0.1, 0.15) is 16.8 Å². The molecule has 0 saturated carbocycles. The minimum Gasteiger partial charge on any atom is -0.382 e. The zero-order chi connectivity index (χ0) is 23.6. The van der Waals surface area contributed by atoms with Gasteiger partial charge in [-0.15, -0.1) is 0 Å². The van der Waals surface area contributed by atoms with Crippen LogP contribution in [0.2, 0.25) is 0 Å². The SMILES string of the molecule is CC(C)(O)C(=O)c1ccccc1.CC(C)CCC(C)(O)C#CC(C)(O)CCC(C)C. The normalized spacial score (nSPS) is 15.4. The van der Waals surface area contributed by atoms with Gasteiger partial charge in [-0.1, -0.05) is 69.9 Å². The van der Waals surface area contributed by atoms with E-state index >= 15 is 0 Å². The van der Waals surface area contributed by atoms with Gasteiger partial charge in [0.2, 0.25) is 0 Å². The average Bonchev–Trinajstić information content (AvgIpc) is 2.64. The molecule has 3 N–H and O–H groups in total. The van der Waals surface area contributed by atoms with Crippen molar-refractivity contribution in [1.29, 1.82) is 0 Å². The van der Waals surface area contributed by atoms with Gasteiger partial charge in [-0.2, -0.15) is 0 Å². The molecule has 1 rings (SSSR count). The summed E-state index contributed by atoms with van der Waals surface area (Å²) in [6.45, 7) is 14.9. The number of Topliss-reactive ketones (excluding diaryl/α,β-unsaturated/α-hetero) is 1. The van der Waals surface area contributed by atoms with E-state index in [4.69, 9.17) is 0 Å². The summed E-state index contributed by atoms with van der Waals surface area (Å²) in [7, 11) is 0. The third-order valence-corrected chi connectivity index (χ3v) is 4.61. The first-order valence-electron chi connectivity index (χ1n) is 10.9. The second kappa shape index (κ2) is 12.2. The summed E-state index contributed by atoms with van der Waals surface area (Å²) in [4.78, 5) is 11.4. The minimum absolute atomic E-state index is 0.247. The molecule has 0 aliphatic heterocycles. The molecular formula is C26H42O4. The maximum atomic E-state index is 11.4. The van der Waals surface area contributed by atoms with Crippen LogP contribution in [0.3, 0.4) is 0 Å². The molecule has 0 spiro atoms. The zero-order valence-electron chi connectivity index (χ0n) is 20.1.